The van der Waals surface area contributed by atoms with Crippen LogP contribution >= 0.6 is 0 Å². The zero-order chi connectivity index (χ0) is 17.4. The van der Waals surface area contributed by atoms with Crippen LogP contribution in [0.5, 0.6) is 0 Å². The highest BCUT2D eigenvalue weighted by molar-refractivity contribution is 8.00. The van der Waals surface area contributed by atoms with Crippen LogP contribution in [0.1, 0.15) is 49.5 Å². The molecule has 1 atom stereocenters. The number of hydrogen-bond acceptors (Lipinski definition) is 3. The molecule has 130 valence electrons. The third-order valence-corrected chi connectivity index (χ3v) is 5.94. The number of unbranched alkanes of at least 4 members (excludes halogenated alkanes) is 4. The van der Waals surface area contributed by atoms with E-state index in [-0.39, 0.29) is 5.91 Å². The molecule has 0 aliphatic carbocycles. The van der Waals surface area contributed by atoms with Crippen molar-refractivity contribution >= 4 is 27.0 Å². The van der Waals surface area contributed by atoms with Crippen LogP contribution in [0.15, 0.2) is 41.7 Å². The smallest absolute Gasteiger partial charge is 0.273 e. The number of aromatic amines is 1. The molecule has 24 heavy (non-hydrogen) atoms. The van der Waals surface area contributed by atoms with Crippen LogP contribution < -0.4 is 5.32 Å². The van der Waals surface area contributed by atoms with E-state index in [9.17, 15) is 9.00 Å². The van der Waals surface area contributed by atoms with Gasteiger partial charge in [0.2, 0.25) is 0 Å². The van der Waals surface area contributed by atoms with Gasteiger partial charge in [0, 0.05) is 16.3 Å². The fourth-order valence-corrected chi connectivity index (χ4v) is 3.96. The standard InChI is InChI=1S/C18H25N3O2S/c1-3-4-5-6-7-12-24(2,23)16-10-8-15(9-11-16)21-18(22)17-13-19-14-20-17/h8-11,13-14H,2-7,12H2,1H3,(H,19,20)(H,21,22). The van der Waals surface area contributed by atoms with Gasteiger partial charge in [0.15, 0.2) is 0 Å². The summed E-state index contributed by atoms with van der Waals surface area (Å²) < 4.78 is 12.7. The van der Waals surface area contributed by atoms with Crippen molar-refractivity contribution in [3.63, 3.8) is 0 Å². The minimum atomic E-state index is -2.26. The van der Waals surface area contributed by atoms with Crippen LogP contribution in [-0.2, 0) is 9.52 Å². The number of H-pyrrole nitrogens is 1. The summed E-state index contributed by atoms with van der Waals surface area (Å²) in [5, 5.41) is 2.77. The second-order valence-electron chi connectivity index (χ2n) is 5.87. The van der Waals surface area contributed by atoms with E-state index < -0.39 is 9.52 Å². The molecule has 1 aromatic heterocycles. The topological polar surface area (TPSA) is 74.8 Å². The number of carbonyl (C=O) groups excluding carboxylic acids is 1. The number of anilines is 1. The maximum absolute atomic E-state index is 12.7. The second kappa shape index (κ2) is 8.68. The first-order chi connectivity index (χ1) is 11.5. The Kier molecular flexibility index (Phi) is 6.61. The summed E-state index contributed by atoms with van der Waals surface area (Å²) >= 11 is 0. The normalized spacial score (nSPS) is 13.4. The van der Waals surface area contributed by atoms with Crippen molar-refractivity contribution in [2.45, 2.75) is 43.9 Å². The van der Waals surface area contributed by atoms with Gasteiger partial charge in [-0.15, -0.1) is 0 Å². The Morgan fingerprint density at radius 2 is 1.92 bits per heavy atom. The van der Waals surface area contributed by atoms with Crippen molar-refractivity contribution in [3.05, 3.63) is 42.5 Å². The number of nitrogens with zero attached hydrogens (tertiary/aromatic N) is 1. The highest BCUT2D eigenvalue weighted by Crippen LogP contribution is 2.17. The molecule has 0 spiro atoms. The molecule has 1 heterocycles. The second-order valence-corrected chi connectivity index (χ2v) is 8.38. The summed E-state index contributed by atoms with van der Waals surface area (Å²) in [4.78, 5) is 19.2. The summed E-state index contributed by atoms with van der Waals surface area (Å²) in [6.45, 7) is 2.18. The molecular weight excluding hydrogens is 322 g/mol. The molecule has 6 heteroatoms. The first kappa shape index (κ1) is 18.3. The Hall–Kier alpha value is -2.08. The van der Waals surface area contributed by atoms with Crippen LogP contribution in [0, 0.1) is 0 Å². The Balaban J connectivity index is 1.91. The fourth-order valence-electron chi connectivity index (χ4n) is 2.42. The third-order valence-electron chi connectivity index (χ3n) is 3.86. The monoisotopic (exact) mass is 347 g/mol. The van der Waals surface area contributed by atoms with Crippen LogP contribution in [0.25, 0.3) is 0 Å². The molecule has 2 rings (SSSR count). The molecule has 0 saturated carbocycles. The number of imidazole rings is 1. The van der Waals surface area contributed by atoms with Crippen LogP contribution in [0.2, 0.25) is 0 Å². The van der Waals surface area contributed by atoms with Gasteiger partial charge < -0.3 is 10.3 Å². The third kappa shape index (κ3) is 5.23. The molecule has 1 aromatic carbocycles. The van der Waals surface area contributed by atoms with Crippen molar-refractivity contribution in [1.29, 1.82) is 0 Å². The summed E-state index contributed by atoms with van der Waals surface area (Å²) in [7, 11) is -2.26. The highest BCUT2D eigenvalue weighted by Gasteiger charge is 2.10. The molecular formula is C18H25N3O2S. The first-order valence-electron chi connectivity index (χ1n) is 8.27. The van der Waals surface area contributed by atoms with E-state index in [0.29, 0.717) is 17.1 Å². The van der Waals surface area contributed by atoms with Gasteiger partial charge in [-0.2, -0.15) is 0 Å². The van der Waals surface area contributed by atoms with Gasteiger partial charge in [-0.05, 0) is 46.1 Å². The molecule has 0 bridgehead atoms. The molecule has 2 aromatic rings. The summed E-state index contributed by atoms with van der Waals surface area (Å²) in [6, 6.07) is 7.07. The Morgan fingerprint density at radius 3 is 2.54 bits per heavy atom. The lowest BCUT2D eigenvalue weighted by Gasteiger charge is -2.11. The van der Waals surface area contributed by atoms with E-state index in [4.69, 9.17) is 0 Å². The van der Waals surface area contributed by atoms with Crippen LogP contribution in [-0.4, -0.2) is 31.7 Å². The average molecular weight is 347 g/mol. The first-order valence-corrected chi connectivity index (χ1v) is 10.2. The Labute approximate surface area is 143 Å². The number of amides is 1. The molecule has 1 unspecified atom stereocenters. The van der Waals surface area contributed by atoms with Gasteiger partial charge in [-0.25, -0.2) is 4.98 Å². The molecule has 0 fully saturated rings. The van der Waals surface area contributed by atoms with E-state index in [1.54, 1.807) is 24.3 Å². The molecule has 5 nitrogen and oxygen atoms in total. The largest absolute Gasteiger partial charge is 0.341 e. The van der Waals surface area contributed by atoms with Crippen molar-refractivity contribution in [3.8, 4) is 0 Å². The number of hydrogen-bond donors (Lipinski definition) is 2. The lowest BCUT2D eigenvalue weighted by molar-refractivity contribution is 0.102. The summed E-state index contributed by atoms with van der Waals surface area (Å²) in [5.41, 5.74) is 1.05. The van der Waals surface area contributed by atoms with Gasteiger partial charge in [0.1, 0.15) is 5.69 Å². The van der Waals surface area contributed by atoms with Crippen molar-refractivity contribution in [1.82, 2.24) is 9.97 Å². The maximum atomic E-state index is 12.7. The number of nitrogens with one attached hydrogen (secondary N) is 2. The highest BCUT2D eigenvalue weighted by atomic mass is 32.2. The predicted molar refractivity (Wildman–Crippen MR) is 100 cm³/mol. The summed E-state index contributed by atoms with van der Waals surface area (Å²) in [5.74, 6) is 4.27. The Morgan fingerprint density at radius 1 is 1.21 bits per heavy atom. The van der Waals surface area contributed by atoms with Crippen molar-refractivity contribution < 1.29 is 9.00 Å². The van der Waals surface area contributed by atoms with E-state index in [1.165, 1.54) is 31.8 Å². The van der Waals surface area contributed by atoms with Crippen molar-refractivity contribution in [2.24, 2.45) is 0 Å². The van der Waals surface area contributed by atoms with E-state index in [1.807, 2.05) is 0 Å². The molecule has 0 radical (unpaired) electrons. The van der Waals surface area contributed by atoms with Gasteiger partial charge >= 0.3 is 0 Å². The molecule has 0 saturated heterocycles. The Bertz CT molecular complexity index is 735. The van der Waals surface area contributed by atoms with Crippen LogP contribution in [0.4, 0.5) is 5.69 Å². The van der Waals surface area contributed by atoms with Gasteiger partial charge in [-0.3, -0.25) is 9.00 Å². The fraction of sp³-hybridized carbons (Fsp3) is 0.389. The SMILES string of the molecule is C=S(=O)(CCCCCCC)c1ccc(NC(=O)c2cnc[nH]2)cc1. The molecule has 0 aliphatic heterocycles. The zero-order valence-corrected chi connectivity index (χ0v) is 14.9. The molecule has 1 amide bonds. The lowest BCUT2D eigenvalue weighted by Crippen LogP contribution is -2.12. The van der Waals surface area contributed by atoms with Gasteiger partial charge in [0.25, 0.3) is 5.91 Å². The van der Waals surface area contributed by atoms with Gasteiger partial charge in [0.05, 0.1) is 12.5 Å². The number of aromatic nitrogens is 2. The maximum Gasteiger partial charge on any atom is 0.273 e. The van der Waals surface area contributed by atoms with Gasteiger partial charge in [-0.1, -0.05) is 32.6 Å². The minimum Gasteiger partial charge on any atom is -0.341 e. The van der Waals surface area contributed by atoms with Crippen LogP contribution in [0.3, 0.4) is 0 Å². The number of carbonyl (C=O) groups is 1. The zero-order valence-electron chi connectivity index (χ0n) is 14.1. The predicted octanol–water partition coefficient (Wildman–Crippen LogP) is 3.71. The molecule has 2 N–H and O–H groups in total. The quantitative estimate of drug-likeness (QED) is 0.536. The van der Waals surface area contributed by atoms with E-state index in [2.05, 4.69) is 28.1 Å². The number of benzene rings is 1. The lowest BCUT2D eigenvalue weighted by atomic mass is 10.2. The van der Waals surface area contributed by atoms with E-state index in [0.717, 1.165) is 17.7 Å². The van der Waals surface area contributed by atoms with Crippen molar-refractivity contribution in [2.75, 3.05) is 11.1 Å². The van der Waals surface area contributed by atoms with E-state index >= 15 is 0 Å². The average Bonchev–Trinajstić information content (AvgIpc) is 3.10. The molecule has 0 aliphatic rings. The number of rotatable bonds is 9. The summed E-state index contributed by atoms with van der Waals surface area (Å²) in [6.07, 6.45) is 8.56. The minimum absolute atomic E-state index is 0.258.